The third kappa shape index (κ3) is 5.48. The van der Waals surface area contributed by atoms with E-state index in [-0.39, 0.29) is 5.91 Å². The Morgan fingerprint density at radius 2 is 2.18 bits per heavy atom. The topological polar surface area (TPSA) is 67.6 Å². The molecule has 0 spiro atoms. The number of methoxy groups -OCH3 is 1. The first-order valence-electron chi connectivity index (χ1n) is 6.41. The molecule has 0 aromatic rings. The maximum atomic E-state index is 10.8. The number of carbonyl (C=O) groups excluding carboxylic acids is 1. The van der Waals surface area contributed by atoms with Gasteiger partial charge in [0.1, 0.15) is 0 Å². The first-order chi connectivity index (χ1) is 8.15. The molecular weight excluding hydrogens is 218 g/mol. The zero-order valence-corrected chi connectivity index (χ0v) is 10.9. The van der Waals surface area contributed by atoms with Gasteiger partial charge in [0.25, 0.3) is 0 Å². The van der Waals surface area contributed by atoms with Gasteiger partial charge in [-0.1, -0.05) is 6.92 Å². The predicted molar refractivity (Wildman–Crippen MR) is 67.7 cm³/mol. The van der Waals surface area contributed by atoms with Gasteiger partial charge in [0.2, 0.25) is 5.91 Å². The van der Waals surface area contributed by atoms with E-state index < -0.39 is 0 Å². The van der Waals surface area contributed by atoms with Crippen LogP contribution in [0.1, 0.15) is 26.2 Å². The molecular formula is C12H25N3O2. The number of amides is 1. The fourth-order valence-corrected chi connectivity index (χ4v) is 2.30. The fraction of sp³-hybridized carbons (Fsp3) is 0.917. The number of nitrogens with one attached hydrogen (secondary N) is 1. The van der Waals surface area contributed by atoms with Crippen molar-refractivity contribution in [2.24, 2.45) is 5.73 Å². The van der Waals surface area contributed by atoms with Crippen LogP contribution in [0.4, 0.5) is 0 Å². The van der Waals surface area contributed by atoms with Gasteiger partial charge >= 0.3 is 0 Å². The smallest absolute Gasteiger partial charge is 0.231 e. The molecule has 5 nitrogen and oxygen atoms in total. The SMILES string of the molecule is CCC(COC)NC1CCN(CC(N)=O)CC1. The second-order valence-electron chi connectivity index (χ2n) is 4.74. The summed E-state index contributed by atoms with van der Waals surface area (Å²) in [5.74, 6) is -0.234. The Morgan fingerprint density at radius 3 is 2.65 bits per heavy atom. The minimum atomic E-state index is -0.234. The maximum absolute atomic E-state index is 10.8. The maximum Gasteiger partial charge on any atom is 0.231 e. The zero-order valence-electron chi connectivity index (χ0n) is 10.9. The molecule has 17 heavy (non-hydrogen) atoms. The lowest BCUT2D eigenvalue weighted by Gasteiger charge is -2.33. The summed E-state index contributed by atoms with van der Waals surface area (Å²) in [5, 5.41) is 3.61. The van der Waals surface area contributed by atoms with Crippen LogP contribution in [0.3, 0.4) is 0 Å². The van der Waals surface area contributed by atoms with E-state index in [1.54, 1.807) is 7.11 Å². The molecule has 0 saturated carbocycles. The summed E-state index contributed by atoms with van der Waals surface area (Å²) in [6.07, 6.45) is 3.23. The number of primary amides is 1. The number of ether oxygens (including phenoxy) is 1. The third-order valence-corrected chi connectivity index (χ3v) is 3.30. The molecule has 100 valence electrons. The molecule has 0 aromatic heterocycles. The number of nitrogens with zero attached hydrogens (tertiary/aromatic N) is 1. The van der Waals surface area contributed by atoms with Crippen molar-refractivity contribution in [3.8, 4) is 0 Å². The predicted octanol–water partition coefficient (Wildman–Crippen LogP) is -0.0493. The van der Waals surface area contributed by atoms with Crippen LogP contribution in [0.2, 0.25) is 0 Å². The molecule has 1 heterocycles. The van der Waals surface area contributed by atoms with E-state index in [9.17, 15) is 4.79 Å². The molecule has 5 heteroatoms. The molecule has 1 atom stereocenters. The van der Waals surface area contributed by atoms with Crippen molar-refractivity contribution in [3.05, 3.63) is 0 Å². The van der Waals surface area contributed by atoms with Crippen molar-refractivity contribution in [3.63, 3.8) is 0 Å². The summed E-state index contributed by atoms with van der Waals surface area (Å²) in [6, 6.07) is 0.979. The molecule has 1 saturated heterocycles. The van der Waals surface area contributed by atoms with Gasteiger partial charge < -0.3 is 15.8 Å². The molecule has 3 N–H and O–H groups in total. The van der Waals surface area contributed by atoms with Crippen LogP contribution in [0.5, 0.6) is 0 Å². The molecule has 1 amide bonds. The molecule has 1 aliphatic heterocycles. The number of nitrogens with two attached hydrogens (primary N) is 1. The van der Waals surface area contributed by atoms with Crippen LogP contribution in [-0.4, -0.2) is 56.2 Å². The Bertz CT molecular complexity index is 228. The molecule has 1 rings (SSSR count). The summed E-state index contributed by atoms with van der Waals surface area (Å²) in [7, 11) is 1.74. The molecule has 0 aliphatic carbocycles. The number of hydrogen-bond acceptors (Lipinski definition) is 4. The van der Waals surface area contributed by atoms with Crippen LogP contribution >= 0.6 is 0 Å². The lowest BCUT2D eigenvalue weighted by Crippen LogP contribution is -2.48. The Kier molecular flexibility index (Phi) is 6.47. The number of carbonyl (C=O) groups is 1. The second-order valence-corrected chi connectivity index (χ2v) is 4.74. The van der Waals surface area contributed by atoms with Gasteiger partial charge in [-0.25, -0.2) is 0 Å². The van der Waals surface area contributed by atoms with Gasteiger partial charge in [0, 0.05) is 32.3 Å². The van der Waals surface area contributed by atoms with Gasteiger partial charge in [0.05, 0.1) is 13.2 Å². The summed E-state index contributed by atoms with van der Waals surface area (Å²) < 4.78 is 5.18. The zero-order chi connectivity index (χ0) is 12.7. The highest BCUT2D eigenvalue weighted by molar-refractivity contribution is 5.75. The largest absolute Gasteiger partial charge is 0.383 e. The molecule has 0 aromatic carbocycles. The Balaban J connectivity index is 2.24. The van der Waals surface area contributed by atoms with Gasteiger partial charge in [0.15, 0.2) is 0 Å². The lowest BCUT2D eigenvalue weighted by molar-refractivity contribution is -0.119. The average Bonchev–Trinajstić information content (AvgIpc) is 2.30. The van der Waals surface area contributed by atoms with E-state index in [1.165, 1.54) is 0 Å². The van der Waals surface area contributed by atoms with Crippen molar-refractivity contribution in [2.45, 2.75) is 38.3 Å². The molecule has 1 fully saturated rings. The Hall–Kier alpha value is -0.650. The number of hydrogen-bond donors (Lipinski definition) is 2. The van der Waals surface area contributed by atoms with Gasteiger partial charge in [-0.2, -0.15) is 0 Å². The van der Waals surface area contributed by atoms with Crippen molar-refractivity contribution in [1.82, 2.24) is 10.2 Å². The standard InChI is InChI=1S/C12H25N3O2/c1-3-10(9-17-2)14-11-4-6-15(7-5-11)8-12(13)16/h10-11,14H,3-9H2,1-2H3,(H2,13,16). The second kappa shape index (κ2) is 7.63. The minimum absolute atomic E-state index is 0.234. The highest BCUT2D eigenvalue weighted by atomic mass is 16.5. The van der Waals surface area contributed by atoms with E-state index >= 15 is 0 Å². The summed E-state index contributed by atoms with van der Waals surface area (Å²) in [4.78, 5) is 12.9. The lowest BCUT2D eigenvalue weighted by atomic mass is 10.0. The van der Waals surface area contributed by atoms with E-state index in [2.05, 4.69) is 17.1 Å². The van der Waals surface area contributed by atoms with Crippen LogP contribution in [0.15, 0.2) is 0 Å². The van der Waals surface area contributed by atoms with Crippen LogP contribution < -0.4 is 11.1 Å². The van der Waals surface area contributed by atoms with Crippen LogP contribution in [-0.2, 0) is 9.53 Å². The van der Waals surface area contributed by atoms with Gasteiger partial charge in [-0.15, -0.1) is 0 Å². The Morgan fingerprint density at radius 1 is 1.53 bits per heavy atom. The first-order valence-corrected chi connectivity index (χ1v) is 6.41. The third-order valence-electron chi connectivity index (χ3n) is 3.30. The minimum Gasteiger partial charge on any atom is -0.383 e. The fourth-order valence-electron chi connectivity index (χ4n) is 2.30. The summed E-state index contributed by atoms with van der Waals surface area (Å²) >= 11 is 0. The van der Waals surface area contributed by atoms with E-state index in [1.807, 2.05) is 0 Å². The first kappa shape index (κ1) is 14.4. The molecule has 0 radical (unpaired) electrons. The van der Waals surface area contributed by atoms with E-state index in [0.717, 1.165) is 39.0 Å². The highest BCUT2D eigenvalue weighted by Gasteiger charge is 2.21. The summed E-state index contributed by atoms with van der Waals surface area (Å²) in [6.45, 7) is 5.22. The quantitative estimate of drug-likeness (QED) is 0.658. The van der Waals surface area contributed by atoms with Crippen LogP contribution in [0, 0.1) is 0 Å². The van der Waals surface area contributed by atoms with Gasteiger partial charge in [-0.3, -0.25) is 9.69 Å². The van der Waals surface area contributed by atoms with Crippen molar-refractivity contribution in [1.29, 1.82) is 0 Å². The van der Waals surface area contributed by atoms with Crippen molar-refractivity contribution < 1.29 is 9.53 Å². The molecule has 0 bridgehead atoms. The summed E-state index contributed by atoms with van der Waals surface area (Å²) in [5.41, 5.74) is 5.19. The van der Waals surface area contributed by atoms with Gasteiger partial charge in [-0.05, 0) is 19.3 Å². The average molecular weight is 243 g/mol. The Labute approximate surface area is 104 Å². The van der Waals surface area contributed by atoms with Crippen LogP contribution in [0.25, 0.3) is 0 Å². The highest BCUT2D eigenvalue weighted by Crippen LogP contribution is 2.11. The van der Waals surface area contributed by atoms with E-state index in [4.69, 9.17) is 10.5 Å². The van der Waals surface area contributed by atoms with Crippen molar-refractivity contribution in [2.75, 3.05) is 33.4 Å². The van der Waals surface area contributed by atoms with E-state index in [0.29, 0.717) is 18.6 Å². The molecule has 1 aliphatic rings. The monoisotopic (exact) mass is 243 g/mol. The van der Waals surface area contributed by atoms with Crippen molar-refractivity contribution >= 4 is 5.91 Å². The molecule has 1 unspecified atom stereocenters. The number of rotatable bonds is 7. The number of likely N-dealkylation sites (tertiary alicyclic amines) is 1. The normalized spacial score (nSPS) is 20.4. The number of piperidine rings is 1.